The first-order chi connectivity index (χ1) is 6.27. The zero-order chi connectivity index (χ0) is 9.68. The van der Waals surface area contributed by atoms with E-state index in [1.165, 1.54) is 5.56 Å². The molecule has 0 unspecified atom stereocenters. The molecule has 0 aliphatic carbocycles. The Labute approximate surface area is 77.7 Å². The Balaban J connectivity index is 2.78. The SMILES string of the molecule is CCc1ccc(CON=O)c(C)c1. The van der Waals surface area contributed by atoms with Crippen molar-refractivity contribution in [2.24, 2.45) is 5.34 Å². The van der Waals surface area contributed by atoms with Gasteiger partial charge in [0.15, 0.2) is 5.34 Å². The van der Waals surface area contributed by atoms with Crippen LogP contribution in [0.25, 0.3) is 0 Å². The normalized spacial score (nSPS) is 9.69. The average Bonchev–Trinajstić information content (AvgIpc) is 2.16. The zero-order valence-corrected chi connectivity index (χ0v) is 7.91. The van der Waals surface area contributed by atoms with E-state index in [4.69, 9.17) is 0 Å². The van der Waals surface area contributed by atoms with Crippen molar-refractivity contribution in [1.29, 1.82) is 0 Å². The summed E-state index contributed by atoms with van der Waals surface area (Å²) in [6.45, 7) is 4.37. The molecule has 3 heteroatoms. The third-order valence-electron chi connectivity index (χ3n) is 2.09. The highest BCUT2D eigenvalue weighted by Gasteiger charge is 1.99. The third kappa shape index (κ3) is 2.54. The second-order valence-electron chi connectivity index (χ2n) is 2.96. The van der Waals surface area contributed by atoms with Crippen LogP contribution in [0.2, 0.25) is 0 Å². The smallest absolute Gasteiger partial charge is 0.155 e. The molecule has 1 rings (SSSR count). The molecule has 0 aliphatic rings. The lowest BCUT2D eigenvalue weighted by Crippen LogP contribution is -1.92. The Bertz CT molecular complexity index is 297. The zero-order valence-electron chi connectivity index (χ0n) is 7.91. The van der Waals surface area contributed by atoms with Crippen LogP contribution in [0, 0.1) is 11.8 Å². The van der Waals surface area contributed by atoms with Crippen LogP contribution in [0.4, 0.5) is 0 Å². The molecule has 0 amide bonds. The van der Waals surface area contributed by atoms with E-state index in [-0.39, 0.29) is 6.61 Å². The standard InChI is InChI=1S/C10H13NO2/c1-3-9-4-5-10(7-13-11-12)8(2)6-9/h4-6H,3,7H2,1-2H3. The first kappa shape index (κ1) is 9.71. The maximum atomic E-state index is 9.74. The molecule has 0 radical (unpaired) electrons. The van der Waals surface area contributed by atoms with E-state index in [9.17, 15) is 4.91 Å². The topological polar surface area (TPSA) is 38.7 Å². The largest absolute Gasteiger partial charge is 0.359 e. The molecule has 0 saturated heterocycles. The molecular formula is C10H13NO2. The van der Waals surface area contributed by atoms with Crippen molar-refractivity contribution >= 4 is 0 Å². The third-order valence-corrected chi connectivity index (χ3v) is 2.09. The molecule has 0 atom stereocenters. The van der Waals surface area contributed by atoms with Gasteiger partial charge in [0.2, 0.25) is 0 Å². The van der Waals surface area contributed by atoms with Crippen molar-refractivity contribution in [3.8, 4) is 0 Å². The van der Waals surface area contributed by atoms with Crippen molar-refractivity contribution in [1.82, 2.24) is 0 Å². The van der Waals surface area contributed by atoms with E-state index < -0.39 is 0 Å². The Morgan fingerprint density at radius 1 is 1.46 bits per heavy atom. The molecule has 13 heavy (non-hydrogen) atoms. The van der Waals surface area contributed by atoms with Crippen LogP contribution in [0.1, 0.15) is 23.6 Å². The van der Waals surface area contributed by atoms with Crippen molar-refractivity contribution in [3.05, 3.63) is 39.8 Å². The summed E-state index contributed by atoms with van der Waals surface area (Å²) in [6.07, 6.45) is 1.02. The lowest BCUT2D eigenvalue weighted by atomic mass is 10.0. The van der Waals surface area contributed by atoms with Crippen molar-refractivity contribution in [2.45, 2.75) is 26.9 Å². The minimum absolute atomic E-state index is 0.263. The second-order valence-corrected chi connectivity index (χ2v) is 2.96. The van der Waals surface area contributed by atoms with Gasteiger partial charge in [-0.3, -0.25) is 0 Å². The molecular weight excluding hydrogens is 166 g/mol. The predicted molar refractivity (Wildman–Crippen MR) is 51.1 cm³/mol. The van der Waals surface area contributed by atoms with Gasteiger partial charge in [0.05, 0.1) is 0 Å². The van der Waals surface area contributed by atoms with Crippen molar-refractivity contribution in [2.75, 3.05) is 0 Å². The summed E-state index contributed by atoms with van der Waals surface area (Å²) in [7, 11) is 0. The van der Waals surface area contributed by atoms with Gasteiger partial charge in [0.25, 0.3) is 0 Å². The molecule has 1 aromatic rings. The van der Waals surface area contributed by atoms with Crippen LogP contribution in [-0.4, -0.2) is 0 Å². The molecule has 0 fully saturated rings. The molecule has 0 aromatic heterocycles. The van der Waals surface area contributed by atoms with Gasteiger partial charge in [-0.1, -0.05) is 25.1 Å². The summed E-state index contributed by atoms with van der Waals surface area (Å²) < 4.78 is 0. The van der Waals surface area contributed by atoms with E-state index >= 15 is 0 Å². The minimum atomic E-state index is 0.263. The maximum Gasteiger partial charge on any atom is 0.155 e. The molecule has 0 saturated carbocycles. The number of hydrogen-bond donors (Lipinski definition) is 0. The van der Waals surface area contributed by atoms with Gasteiger partial charge in [-0.05, 0) is 30.0 Å². The Hall–Kier alpha value is -1.38. The van der Waals surface area contributed by atoms with Crippen molar-refractivity contribution < 1.29 is 4.84 Å². The van der Waals surface area contributed by atoms with E-state index in [2.05, 4.69) is 23.2 Å². The number of hydrogen-bond acceptors (Lipinski definition) is 3. The number of nitrogens with zero attached hydrogens (tertiary/aromatic N) is 1. The Morgan fingerprint density at radius 2 is 2.23 bits per heavy atom. The minimum Gasteiger partial charge on any atom is -0.359 e. The van der Waals surface area contributed by atoms with Crippen LogP contribution in [0.15, 0.2) is 23.5 Å². The summed E-state index contributed by atoms with van der Waals surface area (Å²) in [5, 5.41) is 2.36. The van der Waals surface area contributed by atoms with Gasteiger partial charge < -0.3 is 4.84 Å². The molecule has 3 nitrogen and oxygen atoms in total. The number of rotatable bonds is 4. The number of aryl methyl sites for hydroxylation is 2. The first-order valence-corrected chi connectivity index (χ1v) is 4.31. The highest BCUT2D eigenvalue weighted by atomic mass is 16.7. The first-order valence-electron chi connectivity index (χ1n) is 4.31. The Kier molecular flexibility index (Phi) is 3.43. The van der Waals surface area contributed by atoms with Gasteiger partial charge in [0.1, 0.15) is 6.61 Å². The van der Waals surface area contributed by atoms with Crippen LogP contribution in [0.5, 0.6) is 0 Å². The van der Waals surface area contributed by atoms with Crippen LogP contribution in [0.3, 0.4) is 0 Å². The van der Waals surface area contributed by atoms with Crippen molar-refractivity contribution in [3.63, 3.8) is 0 Å². The van der Waals surface area contributed by atoms with E-state index in [0.717, 1.165) is 17.5 Å². The molecule has 0 spiro atoms. The monoisotopic (exact) mass is 179 g/mol. The fourth-order valence-electron chi connectivity index (χ4n) is 1.24. The highest BCUT2D eigenvalue weighted by molar-refractivity contribution is 5.30. The van der Waals surface area contributed by atoms with Gasteiger partial charge >= 0.3 is 0 Å². The fraction of sp³-hybridized carbons (Fsp3) is 0.400. The summed E-state index contributed by atoms with van der Waals surface area (Å²) >= 11 is 0. The predicted octanol–water partition coefficient (Wildman–Crippen LogP) is 2.76. The molecule has 0 heterocycles. The highest BCUT2D eigenvalue weighted by Crippen LogP contribution is 2.12. The summed E-state index contributed by atoms with van der Waals surface area (Å²) in [6, 6.07) is 6.11. The lowest BCUT2D eigenvalue weighted by molar-refractivity contribution is 0.125. The van der Waals surface area contributed by atoms with Crippen LogP contribution >= 0.6 is 0 Å². The van der Waals surface area contributed by atoms with Crippen LogP contribution < -0.4 is 0 Å². The van der Waals surface area contributed by atoms with E-state index in [0.29, 0.717) is 0 Å². The summed E-state index contributed by atoms with van der Waals surface area (Å²) in [4.78, 5) is 14.2. The maximum absolute atomic E-state index is 9.74. The second kappa shape index (κ2) is 4.60. The van der Waals surface area contributed by atoms with Gasteiger partial charge in [-0.15, -0.1) is 4.91 Å². The van der Waals surface area contributed by atoms with Gasteiger partial charge in [-0.2, -0.15) is 0 Å². The lowest BCUT2D eigenvalue weighted by Gasteiger charge is -2.04. The van der Waals surface area contributed by atoms with E-state index in [1.807, 2.05) is 19.1 Å². The summed E-state index contributed by atoms with van der Waals surface area (Å²) in [5.74, 6) is 0. The van der Waals surface area contributed by atoms with Gasteiger partial charge in [-0.25, -0.2) is 0 Å². The molecule has 1 aromatic carbocycles. The average molecular weight is 179 g/mol. The van der Waals surface area contributed by atoms with Crippen LogP contribution in [-0.2, 0) is 17.9 Å². The Morgan fingerprint density at radius 3 is 2.77 bits per heavy atom. The fourth-order valence-corrected chi connectivity index (χ4v) is 1.24. The number of benzene rings is 1. The summed E-state index contributed by atoms with van der Waals surface area (Å²) in [5.41, 5.74) is 3.44. The quantitative estimate of drug-likeness (QED) is 0.526. The van der Waals surface area contributed by atoms with E-state index in [1.54, 1.807) is 0 Å². The van der Waals surface area contributed by atoms with Gasteiger partial charge in [0, 0.05) is 0 Å². The molecule has 0 aliphatic heterocycles. The molecule has 0 bridgehead atoms. The molecule has 0 N–H and O–H groups in total. The molecule has 70 valence electrons.